The average molecular weight is 787 g/mol. The van der Waals surface area contributed by atoms with Gasteiger partial charge >= 0.3 is 0 Å². The number of nitrogens with one attached hydrogen (secondary N) is 2. The average Bonchev–Trinajstić information content (AvgIpc) is 3.65. The lowest BCUT2D eigenvalue weighted by Gasteiger charge is -2.25. The molecule has 2 N–H and O–H groups in total. The molecule has 302 valence electrons. The fraction of sp³-hybridized carbons (Fsp3) is 0.348. The Morgan fingerprint density at radius 2 is 1.09 bits per heavy atom. The highest BCUT2D eigenvalue weighted by molar-refractivity contribution is 5.97. The molecule has 1 aliphatic carbocycles. The molecule has 1 fully saturated rings. The van der Waals surface area contributed by atoms with E-state index in [0.29, 0.717) is 39.9 Å². The number of amides is 2. The van der Waals surface area contributed by atoms with E-state index in [1.165, 1.54) is 24.3 Å². The maximum absolute atomic E-state index is 13.4. The van der Waals surface area contributed by atoms with E-state index < -0.39 is 0 Å². The summed E-state index contributed by atoms with van der Waals surface area (Å²) in [7, 11) is 0. The first-order chi connectivity index (χ1) is 27.3. The van der Waals surface area contributed by atoms with Crippen LogP contribution in [-0.4, -0.2) is 52.4 Å². The topological polar surface area (TPSA) is 120 Å². The molecule has 4 heterocycles. The van der Waals surface area contributed by atoms with Gasteiger partial charge < -0.3 is 10.6 Å². The van der Waals surface area contributed by atoms with Gasteiger partial charge in [0.25, 0.3) is 11.8 Å². The second-order valence-electron chi connectivity index (χ2n) is 17.4. The number of pyridine rings is 2. The van der Waals surface area contributed by atoms with Crippen molar-refractivity contribution in [1.82, 2.24) is 40.2 Å². The van der Waals surface area contributed by atoms with E-state index in [1.54, 1.807) is 60.9 Å². The Hall–Kier alpha value is -6.04. The van der Waals surface area contributed by atoms with Crippen LogP contribution in [0.4, 0.5) is 8.78 Å². The number of rotatable bonds is 9. The number of carbonyl (C=O) groups excluding carboxylic acids is 2. The van der Waals surface area contributed by atoms with Crippen molar-refractivity contribution >= 4 is 11.8 Å². The second kappa shape index (κ2) is 16.4. The smallest absolute Gasteiger partial charge is 0.251 e. The zero-order chi connectivity index (χ0) is 42.0. The van der Waals surface area contributed by atoms with Crippen LogP contribution in [0.3, 0.4) is 0 Å². The third-order valence-electron chi connectivity index (χ3n) is 9.65. The Morgan fingerprint density at radius 1 is 0.638 bits per heavy atom. The number of benzene rings is 2. The Balaban J connectivity index is 0.000000196. The third kappa shape index (κ3) is 10.3. The summed E-state index contributed by atoms with van der Waals surface area (Å²) in [5, 5.41) is 15.0. The number of hydrogen-bond acceptors (Lipinski definition) is 6. The van der Waals surface area contributed by atoms with Gasteiger partial charge in [-0.3, -0.25) is 19.0 Å². The van der Waals surface area contributed by atoms with Crippen molar-refractivity contribution in [3.63, 3.8) is 0 Å². The molecule has 1 aliphatic rings. The monoisotopic (exact) mass is 786 g/mol. The first-order valence-corrected chi connectivity index (χ1v) is 19.6. The molecular weight excluding hydrogens is 735 g/mol. The number of halogens is 2. The van der Waals surface area contributed by atoms with Crippen LogP contribution >= 0.6 is 0 Å². The largest absolute Gasteiger partial charge is 0.347 e. The van der Waals surface area contributed by atoms with Gasteiger partial charge in [0.05, 0.1) is 45.7 Å². The molecule has 2 aromatic carbocycles. The number of nitrogens with zero attached hydrogens (tertiary/aromatic N) is 6. The van der Waals surface area contributed by atoms with Crippen LogP contribution in [-0.2, 0) is 5.54 Å². The first-order valence-electron chi connectivity index (χ1n) is 19.6. The molecule has 4 aromatic heterocycles. The standard InChI is InChI=1S/C24H29FN4O.C22H23FN4O/c1-7-24(5,6)28-22(30)17-14-19(16-8-10-18(25)11-9-16)27-20(15-17)21-12-13-26-29(21)23(2,3)4;1-22(2,3)26-21(28)15-12-18(14-4-6-16(23)7-5-14)25-19(13-15)20-10-11-24-27(20)17-8-9-17/h8-15H,7H2,1-6H3,(H,28,30);4-7,10-13,17H,8-9H2,1-3H3,(H,26,28). The molecule has 7 rings (SSSR count). The Bertz CT molecular complexity index is 2400. The van der Waals surface area contributed by atoms with Crippen molar-refractivity contribution < 1.29 is 18.4 Å². The van der Waals surface area contributed by atoms with Crippen molar-refractivity contribution in [2.45, 2.75) is 104 Å². The van der Waals surface area contributed by atoms with E-state index in [-0.39, 0.29) is 40.1 Å². The van der Waals surface area contributed by atoms with E-state index >= 15 is 0 Å². The molecule has 0 unspecified atom stereocenters. The van der Waals surface area contributed by atoms with E-state index in [4.69, 9.17) is 9.97 Å². The minimum absolute atomic E-state index is 0.169. The molecule has 0 radical (unpaired) electrons. The quantitative estimate of drug-likeness (QED) is 0.151. The third-order valence-corrected chi connectivity index (χ3v) is 9.65. The highest BCUT2D eigenvalue weighted by atomic mass is 19.1. The highest BCUT2D eigenvalue weighted by Gasteiger charge is 2.28. The molecule has 1 saturated carbocycles. The van der Waals surface area contributed by atoms with Gasteiger partial charge in [-0.05, 0) is 160 Å². The van der Waals surface area contributed by atoms with E-state index in [9.17, 15) is 18.4 Å². The van der Waals surface area contributed by atoms with Crippen molar-refractivity contribution in [2.75, 3.05) is 0 Å². The molecule has 0 bridgehead atoms. The van der Waals surface area contributed by atoms with Crippen LogP contribution in [0.2, 0.25) is 0 Å². The van der Waals surface area contributed by atoms with Gasteiger partial charge in [-0.2, -0.15) is 10.2 Å². The summed E-state index contributed by atoms with van der Waals surface area (Å²) in [5.74, 6) is -0.964. The van der Waals surface area contributed by atoms with E-state index in [1.807, 2.05) is 63.0 Å². The Kier molecular flexibility index (Phi) is 11.8. The summed E-state index contributed by atoms with van der Waals surface area (Å²) in [5.41, 5.74) is 5.84. The predicted molar refractivity (Wildman–Crippen MR) is 224 cm³/mol. The Labute approximate surface area is 339 Å². The molecule has 0 spiro atoms. The normalized spacial score (nSPS) is 13.1. The molecule has 58 heavy (non-hydrogen) atoms. The molecule has 0 atom stereocenters. The fourth-order valence-corrected chi connectivity index (χ4v) is 6.16. The minimum atomic E-state index is -0.355. The lowest BCUT2D eigenvalue weighted by molar-refractivity contribution is 0.0905. The minimum Gasteiger partial charge on any atom is -0.347 e. The van der Waals surface area contributed by atoms with Gasteiger partial charge in [-0.15, -0.1) is 0 Å². The summed E-state index contributed by atoms with van der Waals surface area (Å²) in [6.45, 7) is 18.0. The summed E-state index contributed by atoms with van der Waals surface area (Å²) in [6, 6.07) is 23.5. The van der Waals surface area contributed by atoms with Gasteiger partial charge in [0, 0.05) is 45.7 Å². The number of hydrogen-bond donors (Lipinski definition) is 2. The van der Waals surface area contributed by atoms with Gasteiger partial charge in [0.2, 0.25) is 0 Å². The molecule has 6 aromatic rings. The van der Waals surface area contributed by atoms with Gasteiger partial charge in [-0.25, -0.2) is 18.7 Å². The lowest BCUT2D eigenvalue weighted by Crippen LogP contribution is -2.42. The van der Waals surface area contributed by atoms with Crippen LogP contribution < -0.4 is 10.6 Å². The van der Waals surface area contributed by atoms with Crippen molar-refractivity contribution in [2.24, 2.45) is 0 Å². The predicted octanol–water partition coefficient (Wildman–Crippen LogP) is 10.0. The van der Waals surface area contributed by atoms with Crippen LogP contribution in [0, 0.1) is 11.6 Å². The SMILES string of the molecule is CC(C)(C)NC(=O)c1cc(-c2ccc(F)cc2)nc(-c2ccnn2C2CC2)c1.CCC(C)(C)NC(=O)c1cc(-c2ccc(F)cc2)nc(-c2ccnn2C(C)(C)C)c1. The molecule has 10 nitrogen and oxygen atoms in total. The van der Waals surface area contributed by atoms with Crippen LogP contribution in [0.1, 0.15) is 108 Å². The van der Waals surface area contributed by atoms with E-state index in [0.717, 1.165) is 41.8 Å². The van der Waals surface area contributed by atoms with Gasteiger partial charge in [0.1, 0.15) is 11.6 Å². The molecule has 12 heteroatoms. The van der Waals surface area contributed by atoms with Crippen molar-refractivity contribution in [3.05, 3.63) is 120 Å². The van der Waals surface area contributed by atoms with Crippen LogP contribution in [0.5, 0.6) is 0 Å². The highest BCUT2D eigenvalue weighted by Crippen LogP contribution is 2.38. The van der Waals surface area contributed by atoms with Crippen LogP contribution in [0.25, 0.3) is 45.3 Å². The zero-order valence-electron chi connectivity index (χ0n) is 34.7. The van der Waals surface area contributed by atoms with Gasteiger partial charge in [-0.1, -0.05) is 6.92 Å². The molecule has 0 aliphatic heterocycles. The lowest BCUT2D eigenvalue weighted by atomic mass is 10.0. The summed E-state index contributed by atoms with van der Waals surface area (Å²) in [4.78, 5) is 35.4. The summed E-state index contributed by atoms with van der Waals surface area (Å²) in [6.07, 6.45) is 6.49. The second-order valence-corrected chi connectivity index (χ2v) is 17.4. The number of carbonyl (C=O) groups is 2. The van der Waals surface area contributed by atoms with Crippen molar-refractivity contribution in [1.29, 1.82) is 0 Å². The zero-order valence-corrected chi connectivity index (χ0v) is 34.7. The fourth-order valence-electron chi connectivity index (χ4n) is 6.16. The maximum atomic E-state index is 13.4. The number of aromatic nitrogens is 6. The molecule has 0 saturated heterocycles. The molecule has 2 amide bonds. The molecular formula is C46H52F2N8O2. The maximum Gasteiger partial charge on any atom is 0.251 e. The van der Waals surface area contributed by atoms with Gasteiger partial charge in [0.15, 0.2) is 0 Å². The van der Waals surface area contributed by atoms with Crippen molar-refractivity contribution in [3.8, 4) is 45.3 Å². The van der Waals surface area contributed by atoms with Crippen LogP contribution in [0.15, 0.2) is 97.3 Å². The summed E-state index contributed by atoms with van der Waals surface area (Å²) >= 11 is 0. The van der Waals surface area contributed by atoms with E-state index in [2.05, 4.69) is 41.6 Å². The summed E-state index contributed by atoms with van der Waals surface area (Å²) < 4.78 is 30.6. The first kappa shape index (κ1) is 41.6. The Morgan fingerprint density at radius 3 is 1.55 bits per heavy atom.